The van der Waals surface area contributed by atoms with Gasteiger partial charge >= 0.3 is 0 Å². The summed E-state index contributed by atoms with van der Waals surface area (Å²) in [7, 11) is 0. The topological polar surface area (TPSA) is 72.4 Å². The molecule has 8 heteroatoms. The summed E-state index contributed by atoms with van der Waals surface area (Å²) in [6.07, 6.45) is 3.50. The van der Waals surface area contributed by atoms with Crippen LogP contribution in [0.5, 0.6) is 0 Å². The lowest BCUT2D eigenvalue weighted by Crippen LogP contribution is -2.31. The second-order valence-electron chi connectivity index (χ2n) is 5.49. The Morgan fingerprint density at radius 2 is 2.12 bits per heavy atom. The van der Waals surface area contributed by atoms with E-state index in [1.807, 2.05) is 29.2 Å². The predicted octanol–water partition coefficient (Wildman–Crippen LogP) is 3.44. The zero-order valence-corrected chi connectivity index (χ0v) is 16.2. The van der Waals surface area contributed by atoms with Crippen molar-refractivity contribution in [3.63, 3.8) is 0 Å². The normalized spacial score (nSPS) is 16.4. The zero-order chi connectivity index (χ0) is 15.5. The highest BCUT2D eigenvalue weighted by atomic mass is 79.9. The van der Waals surface area contributed by atoms with Crippen molar-refractivity contribution in [1.29, 1.82) is 0 Å². The van der Waals surface area contributed by atoms with Gasteiger partial charge < -0.3 is 15.1 Å². The number of aromatic nitrogens is 1. The fourth-order valence-electron chi connectivity index (χ4n) is 2.60. The van der Waals surface area contributed by atoms with E-state index in [9.17, 15) is 4.79 Å². The van der Waals surface area contributed by atoms with Gasteiger partial charge in [-0.25, -0.2) is 4.98 Å². The van der Waals surface area contributed by atoms with Gasteiger partial charge in [0.2, 0.25) is 5.91 Å². The molecular formula is C16H20BrCl2N3O2. The van der Waals surface area contributed by atoms with Gasteiger partial charge in [-0.2, -0.15) is 0 Å². The summed E-state index contributed by atoms with van der Waals surface area (Å²) >= 11 is 3.49. The number of benzene rings is 1. The van der Waals surface area contributed by atoms with Gasteiger partial charge in [0.1, 0.15) is 0 Å². The summed E-state index contributed by atoms with van der Waals surface area (Å²) in [6.45, 7) is 1.42. The zero-order valence-electron chi connectivity index (χ0n) is 13.0. The van der Waals surface area contributed by atoms with E-state index in [4.69, 9.17) is 10.2 Å². The van der Waals surface area contributed by atoms with Gasteiger partial charge in [-0.15, -0.1) is 24.8 Å². The average molecular weight is 437 g/mol. The van der Waals surface area contributed by atoms with Crippen LogP contribution in [0.1, 0.15) is 18.7 Å². The molecule has 0 aliphatic carbocycles. The molecule has 1 aliphatic rings. The fourth-order valence-corrected chi connectivity index (χ4v) is 3.08. The van der Waals surface area contributed by atoms with Gasteiger partial charge in [0.05, 0.1) is 6.20 Å². The van der Waals surface area contributed by atoms with Crippen LogP contribution in [0.25, 0.3) is 11.3 Å². The molecule has 1 aromatic heterocycles. The number of likely N-dealkylation sites (tertiary alicyclic amines) is 1. The molecule has 1 fully saturated rings. The van der Waals surface area contributed by atoms with E-state index in [2.05, 4.69) is 20.9 Å². The highest BCUT2D eigenvalue weighted by molar-refractivity contribution is 9.10. The Morgan fingerprint density at radius 1 is 1.38 bits per heavy atom. The number of hydrogen-bond acceptors (Lipinski definition) is 4. The van der Waals surface area contributed by atoms with E-state index in [0.717, 1.165) is 23.0 Å². The molecule has 0 spiro atoms. The second-order valence-corrected chi connectivity index (χ2v) is 6.34. The number of carbonyl (C=O) groups is 1. The van der Waals surface area contributed by atoms with E-state index in [0.29, 0.717) is 31.0 Å². The first-order valence-corrected chi connectivity index (χ1v) is 8.16. The molecule has 3 rings (SSSR count). The van der Waals surface area contributed by atoms with E-state index >= 15 is 0 Å². The maximum absolute atomic E-state index is 12.1. The Hall–Kier alpha value is -1.08. The third-order valence-electron chi connectivity index (χ3n) is 3.82. The van der Waals surface area contributed by atoms with Gasteiger partial charge in [0.25, 0.3) is 0 Å². The van der Waals surface area contributed by atoms with Crippen LogP contribution in [-0.2, 0) is 11.2 Å². The summed E-state index contributed by atoms with van der Waals surface area (Å²) in [5, 5.41) is 0. The number of rotatable bonds is 4. The molecule has 1 saturated heterocycles. The highest BCUT2D eigenvalue weighted by Gasteiger charge is 2.23. The summed E-state index contributed by atoms with van der Waals surface area (Å²) < 4.78 is 6.71. The average Bonchev–Trinajstić information content (AvgIpc) is 3.14. The minimum atomic E-state index is 0. The third kappa shape index (κ3) is 4.96. The molecule has 0 radical (unpaired) electrons. The van der Waals surface area contributed by atoms with E-state index < -0.39 is 0 Å². The molecule has 2 N–H and O–H groups in total. The lowest BCUT2D eigenvalue weighted by molar-refractivity contribution is -0.130. The Labute approximate surface area is 161 Å². The van der Waals surface area contributed by atoms with Crippen LogP contribution in [0, 0.1) is 0 Å². The molecule has 1 amide bonds. The molecule has 0 bridgehead atoms. The molecule has 1 aromatic carbocycles. The van der Waals surface area contributed by atoms with Gasteiger partial charge in [-0.05, 0) is 12.5 Å². The van der Waals surface area contributed by atoms with Gasteiger partial charge in [-0.3, -0.25) is 4.79 Å². The van der Waals surface area contributed by atoms with Crippen molar-refractivity contribution in [2.45, 2.75) is 25.3 Å². The van der Waals surface area contributed by atoms with Gasteiger partial charge in [0, 0.05) is 42.0 Å². The third-order valence-corrected chi connectivity index (χ3v) is 4.51. The Kier molecular flexibility index (Phi) is 8.22. The van der Waals surface area contributed by atoms with Crippen LogP contribution in [0.3, 0.4) is 0 Å². The van der Waals surface area contributed by atoms with E-state index in [-0.39, 0.29) is 36.8 Å². The summed E-state index contributed by atoms with van der Waals surface area (Å²) in [6, 6.07) is 7.93. The van der Waals surface area contributed by atoms with E-state index in [1.54, 1.807) is 6.20 Å². The van der Waals surface area contributed by atoms with E-state index in [1.165, 1.54) is 0 Å². The Morgan fingerprint density at radius 3 is 2.79 bits per heavy atom. The molecule has 2 heterocycles. The lowest BCUT2D eigenvalue weighted by atomic mass is 10.2. The van der Waals surface area contributed by atoms with Gasteiger partial charge in [0.15, 0.2) is 11.7 Å². The van der Waals surface area contributed by atoms with Crippen molar-refractivity contribution in [2.24, 2.45) is 5.73 Å². The molecule has 1 atom stereocenters. The Bertz CT molecular complexity index is 681. The molecule has 24 heavy (non-hydrogen) atoms. The minimum Gasteiger partial charge on any atom is -0.441 e. The van der Waals surface area contributed by atoms with Crippen LogP contribution in [0.15, 0.2) is 39.4 Å². The van der Waals surface area contributed by atoms with Crippen molar-refractivity contribution >= 4 is 46.7 Å². The number of carbonyl (C=O) groups excluding carboxylic acids is 1. The number of nitrogens with two attached hydrogens (primary N) is 1. The van der Waals surface area contributed by atoms with Crippen LogP contribution in [0.4, 0.5) is 0 Å². The number of oxazole rings is 1. The summed E-state index contributed by atoms with van der Waals surface area (Å²) in [5.74, 6) is 1.41. The van der Waals surface area contributed by atoms with Crippen LogP contribution in [-0.4, -0.2) is 34.9 Å². The van der Waals surface area contributed by atoms with Crippen LogP contribution < -0.4 is 5.73 Å². The SMILES string of the molecule is Cl.Cl.NC1CCN(C(=O)CCc2ncc(-c3ccccc3Br)o2)C1. The van der Waals surface area contributed by atoms with Crippen molar-refractivity contribution < 1.29 is 9.21 Å². The summed E-state index contributed by atoms with van der Waals surface area (Å²) in [5.41, 5.74) is 6.78. The molecule has 132 valence electrons. The van der Waals surface area contributed by atoms with Crippen molar-refractivity contribution in [1.82, 2.24) is 9.88 Å². The standard InChI is InChI=1S/C16H18BrN3O2.2ClH/c17-13-4-2-1-3-12(13)14-9-19-15(22-14)5-6-16(21)20-8-7-11(18)10-20;;/h1-4,9,11H,5-8,10,18H2;2*1H. The van der Waals surface area contributed by atoms with Gasteiger partial charge in [-0.1, -0.05) is 34.1 Å². The Balaban J connectivity index is 0.00000144. The van der Waals surface area contributed by atoms with Crippen molar-refractivity contribution in [2.75, 3.05) is 13.1 Å². The first kappa shape index (κ1) is 21.0. The molecular weight excluding hydrogens is 417 g/mol. The van der Waals surface area contributed by atoms with Crippen LogP contribution in [0.2, 0.25) is 0 Å². The lowest BCUT2D eigenvalue weighted by Gasteiger charge is -2.14. The predicted molar refractivity (Wildman–Crippen MR) is 102 cm³/mol. The first-order valence-electron chi connectivity index (χ1n) is 7.36. The van der Waals surface area contributed by atoms with Crippen molar-refractivity contribution in [3.8, 4) is 11.3 Å². The smallest absolute Gasteiger partial charge is 0.223 e. The largest absolute Gasteiger partial charge is 0.441 e. The first-order chi connectivity index (χ1) is 10.6. The number of aryl methyl sites for hydroxylation is 1. The number of nitrogens with zero attached hydrogens (tertiary/aromatic N) is 2. The summed E-state index contributed by atoms with van der Waals surface area (Å²) in [4.78, 5) is 18.2. The second kappa shape index (κ2) is 9.42. The maximum Gasteiger partial charge on any atom is 0.223 e. The maximum atomic E-state index is 12.1. The molecule has 1 aliphatic heterocycles. The quantitative estimate of drug-likeness (QED) is 0.796. The number of hydrogen-bond donors (Lipinski definition) is 1. The molecule has 1 unspecified atom stereocenters. The number of amides is 1. The minimum absolute atomic E-state index is 0. The fraction of sp³-hybridized carbons (Fsp3) is 0.375. The highest BCUT2D eigenvalue weighted by Crippen LogP contribution is 2.28. The molecule has 0 saturated carbocycles. The molecule has 5 nitrogen and oxygen atoms in total. The van der Waals surface area contributed by atoms with Crippen LogP contribution >= 0.6 is 40.7 Å². The monoisotopic (exact) mass is 435 g/mol. The molecule has 2 aromatic rings. The number of halogens is 3. The van der Waals surface area contributed by atoms with Crippen molar-refractivity contribution in [3.05, 3.63) is 40.8 Å².